The molecule has 0 saturated heterocycles. The van der Waals surface area contributed by atoms with Crippen LogP contribution >= 0.6 is 0 Å². The van der Waals surface area contributed by atoms with Gasteiger partial charge in [-0.1, -0.05) is 0 Å². The largest absolute Gasteiger partial charge is 0.484 e. The summed E-state index contributed by atoms with van der Waals surface area (Å²) in [6.07, 6.45) is 0. The maximum atomic E-state index is 11.7. The SMILES string of the molecule is N#Cc1ccc(NC(=O)COc2ccc([N+](=O)[O-])cc2)cc1. The number of hydrogen-bond donors (Lipinski definition) is 1. The number of nitrogens with zero attached hydrogens (tertiary/aromatic N) is 2. The molecule has 0 bridgehead atoms. The number of carbonyl (C=O) groups excluding carboxylic acids is 1. The minimum atomic E-state index is -0.513. The molecule has 0 radical (unpaired) electrons. The summed E-state index contributed by atoms with van der Waals surface area (Å²) in [6, 6.07) is 13.8. The average Bonchev–Trinajstić information content (AvgIpc) is 2.54. The van der Waals surface area contributed by atoms with E-state index < -0.39 is 4.92 Å². The number of nitro groups is 1. The first-order valence-corrected chi connectivity index (χ1v) is 6.26. The highest BCUT2D eigenvalue weighted by Crippen LogP contribution is 2.17. The van der Waals surface area contributed by atoms with Crippen molar-refractivity contribution in [2.24, 2.45) is 0 Å². The van der Waals surface area contributed by atoms with Crippen LogP contribution in [0.4, 0.5) is 11.4 Å². The second-order valence-electron chi connectivity index (χ2n) is 4.28. The van der Waals surface area contributed by atoms with Crippen molar-refractivity contribution in [3.8, 4) is 11.8 Å². The Labute approximate surface area is 125 Å². The van der Waals surface area contributed by atoms with E-state index in [4.69, 9.17) is 10.00 Å². The number of amides is 1. The van der Waals surface area contributed by atoms with Gasteiger partial charge in [0, 0.05) is 17.8 Å². The molecule has 0 aromatic heterocycles. The molecule has 1 amide bonds. The fraction of sp³-hybridized carbons (Fsp3) is 0.0667. The molecule has 0 spiro atoms. The molecule has 0 unspecified atom stereocenters. The summed E-state index contributed by atoms with van der Waals surface area (Å²) in [7, 11) is 0. The number of benzene rings is 2. The molecule has 7 nitrogen and oxygen atoms in total. The van der Waals surface area contributed by atoms with Crippen molar-refractivity contribution < 1.29 is 14.5 Å². The highest BCUT2D eigenvalue weighted by Gasteiger charge is 2.07. The molecule has 2 rings (SSSR count). The lowest BCUT2D eigenvalue weighted by atomic mass is 10.2. The average molecular weight is 297 g/mol. The van der Waals surface area contributed by atoms with E-state index in [2.05, 4.69) is 5.32 Å². The Kier molecular flexibility index (Phi) is 4.67. The van der Waals surface area contributed by atoms with Crippen LogP contribution in [0.25, 0.3) is 0 Å². The van der Waals surface area contributed by atoms with Gasteiger partial charge in [-0.05, 0) is 36.4 Å². The number of ether oxygens (including phenoxy) is 1. The number of non-ortho nitro benzene ring substituents is 1. The van der Waals surface area contributed by atoms with Gasteiger partial charge in [-0.2, -0.15) is 5.26 Å². The Bertz CT molecular complexity index is 718. The van der Waals surface area contributed by atoms with Crippen LogP contribution in [-0.4, -0.2) is 17.4 Å². The summed E-state index contributed by atoms with van der Waals surface area (Å²) in [6.45, 7) is -0.224. The molecular weight excluding hydrogens is 286 g/mol. The summed E-state index contributed by atoms with van der Waals surface area (Å²) in [4.78, 5) is 21.7. The maximum absolute atomic E-state index is 11.7. The zero-order valence-electron chi connectivity index (χ0n) is 11.4. The van der Waals surface area contributed by atoms with Crippen molar-refractivity contribution in [2.45, 2.75) is 0 Å². The van der Waals surface area contributed by atoms with Gasteiger partial charge in [0.15, 0.2) is 6.61 Å². The number of hydrogen-bond acceptors (Lipinski definition) is 5. The predicted octanol–water partition coefficient (Wildman–Crippen LogP) is 2.48. The standard InChI is InChI=1S/C15H11N3O4/c16-9-11-1-3-12(4-2-11)17-15(19)10-22-14-7-5-13(6-8-14)18(20)21/h1-8H,10H2,(H,17,19). The normalized spacial score (nSPS) is 9.59. The first-order valence-electron chi connectivity index (χ1n) is 6.26. The van der Waals surface area contributed by atoms with Crippen molar-refractivity contribution in [3.05, 3.63) is 64.2 Å². The Morgan fingerprint density at radius 1 is 1.18 bits per heavy atom. The summed E-state index contributed by atoms with van der Waals surface area (Å²) in [5.41, 5.74) is 1.01. The summed E-state index contributed by atoms with van der Waals surface area (Å²) in [5.74, 6) is -0.0105. The van der Waals surface area contributed by atoms with Crippen LogP contribution in [0.3, 0.4) is 0 Å². The minimum Gasteiger partial charge on any atom is -0.484 e. The second-order valence-corrected chi connectivity index (χ2v) is 4.28. The van der Waals surface area contributed by atoms with Crippen LogP contribution < -0.4 is 10.1 Å². The van der Waals surface area contributed by atoms with Gasteiger partial charge in [0.25, 0.3) is 11.6 Å². The lowest BCUT2D eigenvalue weighted by Crippen LogP contribution is -2.20. The van der Waals surface area contributed by atoms with Gasteiger partial charge >= 0.3 is 0 Å². The maximum Gasteiger partial charge on any atom is 0.269 e. The third-order valence-electron chi connectivity index (χ3n) is 2.72. The molecular formula is C15H11N3O4. The number of rotatable bonds is 5. The van der Waals surface area contributed by atoms with Crippen LogP contribution in [0.1, 0.15) is 5.56 Å². The van der Waals surface area contributed by atoms with Crippen molar-refractivity contribution in [1.82, 2.24) is 0 Å². The number of nitrogens with one attached hydrogen (secondary N) is 1. The molecule has 0 saturated carbocycles. The number of anilines is 1. The quantitative estimate of drug-likeness (QED) is 0.674. The van der Waals surface area contributed by atoms with Gasteiger partial charge in [-0.25, -0.2) is 0 Å². The van der Waals surface area contributed by atoms with Crippen molar-refractivity contribution in [3.63, 3.8) is 0 Å². The highest BCUT2D eigenvalue weighted by atomic mass is 16.6. The Balaban J connectivity index is 1.86. The van der Waals surface area contributed by atoms with E-state index in [1.807, 2.05) is 6.07 Å². The molecule has 7 heteroatoms. The minimum absolute atomic E-state index is 0.0469. The van der Waals surface area contributed by atoms with Gasteiger partial charge < -0.3 is 10.1 Å². The zero-order chi connectivity index (χ0) is 15.9. The van der Waals surface area contributed by atoms with Gasteiger partial charge in [0.1, 0.15) is 5.75 Å². The third-order valence-corrected chi connectivity index (χ3v) is 2.72. The van der Waals surface area contributed by atoms with Crippen LogP contribution in [0, 0.1) is 21.4 Å². The molecule has 2 aromatic rings. The Hall–Kier alpha value is -3.40. The van der Waals surface area contributed by atoms with Crippen molar-refractivity contribution in [1.29, 1.82) is 5.26 Å². The first-order chi connectivity index (χ1) is 10.6. The number of carbonyl (C=O) groups is 1. The van der Waals surface area contributed by atoms with Crippen LogP contribution in [0.2, 0.25) is 0 Å². The van der Waals surface area contributed by atoms with E-state index in [9.17, 15) is 14.9 Å². The molecule has 22 heavy (non-hydrogen) atoms. The molecule has 0 aliphatic heterocycles. The van der Waals surface area contributed by atoms with E-state index in [1.165, 1.54) is 24.3 Å². The van der Waals surface area contributed by atoms with E-state index in [1.54, 1.807) is 24.3 Å². The monoisotopic (exact) mass is 297 g/mol. The lowest BCUT2D eigenvalue weighted by molar-refractivity contribution is -0.384. The Morgan fingerprint density at radius 3 is 2.36 bits per heavy atom. The molecule has 0 aliphatic rings. The van der Waals surface area contributed by atoms with Gasteiger partial charge in [0.2, 0.25) is 0 Å². The first kappa shape index (κ1) is 15.0. The summed E-state index contributed by atoms with van der Waals surface area (Å²) >= 11 is 0. The highest BCUT2D eigenvalue weighted by molar-refractivity contribution is 5.91. The molecule has 1 N–H and O–H groups in total. The van der Waals surface area contributed by atoms with E-state index >= 15 is 0 Å². The van der Waals surface area contributed by atoms with Crippen molar-refractivity contribution >= 4 is 17.3 Å². The zero-order valence-corrected chi connectivity index (χ0v) is 11.4. The van der Waals surface area contributed by atoms with Crippen LogP contribution in [0.5, 0.6) is 5.75 Å². The van der Waals surface area contributed by atoms with Gasteiger partial charge in [-0.3, -0.25) is 14.9 Å². The molecule has 2 aromatic carbocycles. The molecule has 0 heterocycles. The van der Waals surface area contributed by atoms with Gasteiger partial charge in [-0.15, -0.1) is 0 Å². The third kappa shape index (κ3) is 4.05. The topological polar surface area (TPSA) is 105 Å². The van der Waals surface area contributed by atoms with E-state index in [0.717, 1.165) is 0 Å². The molecule has 110 valence electrons. The van der Waals surface area contributed by atoms with E-state index in [0.29, 0.717) is 17.0 Å². The molecule has 0 atom stereocenters. The van der Waals surface area contributed by atoms with Crippen molar-refractivity contribution in [2.75, 3.05) is 11.9 Å². The Morgan fingerprint density at radius 2 is 1.82 bits per heavy atom. The fourth-order valence-corrected chi connectivity index (χ4v) is 1.64. The van der Waals surface area contributed by atoms with E-state index in [-0.39, 0.29) is 18.2 Å². The molecule has 0 aliphatic carbocycles. The lowest BCUT2D eigenvalue weighted by Gasteiger charge is -2.07. The van der Waals surface area contributed by atoms with Crippen LogP contribution in [-0.2, 0) is 4.79 Å². The molecule has 0 fully saturated rings. The fourth-order valence-electron chi connectivity index (χ4n) is 1.64. The van der Waals surface area contributed by atoms with Gasteiger partial charge in [0.05, 0.1) is 16.6 Å². The second kappa shape index (κ2) is 6.85. The smallest absolute Gasteiger partial charge is 0.269 e. The predicted molar refractivity (Wildman–Crippen MR) is 78.4 cm³/mol. The summed E-state index contributed by atoms with van der Waals surface area (Å²) in [5, 5.41) is 21.8. The number of nitriles is 1. The van der Waals surface area contributed by atoms with Crippen LogP contribution in [0.15, 0.2) is 48.5 Å². The summed E-state index contributed by atoms with van der Waals surface area (Å²) < 4.78 is 5.23. The number of nitro benzene ring substituents is 1.